The van der Waals surface area contributed by atoms with Crippen LogP contribution in [0.2, 0.25) is 0 Å². The average Bonchev–Trinajstić information content (AvgIpc) is 3.02. The van der Waals surface area contributed by atoms with Gasteiger partial charge in [0.1, 0.15) is 17.5 Å². The SMILES string of the molecule is Cc1cc(Nc2nc(Sc3ccc(F)cc3F)nc3ccccc23)n[nH]1. The first-order valence-corrected chi connectivity index (χ1v) is 8.59. The zero-order chi connectivity index (χ0) is 18.1. The third-order valence-electron chi connectivity index (χ3n) is 3.63. The standard InChI is InChI=1S/C18H13F2N5S/c1-10-8-16(25-24-10)22-17-12-4-2-3-5-14(12)21-18(23-17)26-15-7-6-11(19)9-13(15)20/h2-9H,1H3,(H2,21,22,23,24,25). The van der Waals surface area contributed by atoms with E-state index in [0.717, 1.165) is 28.9 Å². The second-order valence-electron chi connectivity index (χ2n) is 5.61. The number of hydrogen-bond donors (Lipinski definition) is 2. The van der Waals surface area contributed by atoms with Gasteiger partial charge in [0.05, 0.1) is 10.4 Å². The lowest BCUT2D eigenvalue weighted by Crippen LogP contribution is -1.99. The molecule has 4 rings (SSSR count). The van der Waals surface area contributed by atoms with E-state index < -0.39 is 11.6 Å². The Morgan fingerprint density at radius 2 is 1.88 bits per heavy atom. The first-order valence-electron chi connectivity index (χ1n) is 7.77. The lowest BCUT2D eigenvalue weighted by molar-refractivity contribution is 0.565. The first-order chi connectivity index (χ1) is 12.6. The molecule has 2 N–H and O–H groups in total. The summed E-state index contributed by atoms with van der Waals surface area (Å²) in [5.41, 5.74) is 1.62. The lowest BCUT2D eigenvalue weighted by atomic mass is 10.2. The van der Waals surface area contributed by atoms with Gasteiger partial charge >= 0.3 is 0 Å². The van der Waals surface area contributed by atoms with Crippen molar-refractivity contribution in [2.75, 3.05) is 5.32 Å². The molecule has 2 aromatic heterocycles. The number of fused-ring (bicyclic) bond motifs is 1. The van der Waals surface area contributed by atoms with Gasteiger partial charge in [0.15, 0.2) is 11.0 Å². The topological polar surface area (TPSA) is 66.5 Å². The van der Waals surface area contributed by atoms with Gasteiger partial charge in [-0.05, 0) is 43.0 Å². The van der Waals surface area contributed by atoms with E-state index in [9.17, 15) is 8.78 Å². The molecule has 0 fully saturated rings. The van der Waals surface area contributed by atoms with Crippen LogP contribution in [0.1, 0.15) is 5.69 Å². The van der Waals surface area contributed by atoms with Crippen LogP contribution in [0.5, 0.6) is 0 Å². The highest BCUT2D eigenvalue weighted by Crippen LogP contribution is 2.31. The van der Waals surface area contributed by atoms with Crippen molar-refractivity contribution in [2.24, 2.45) is 0 Å². The van der Waals surface area contributed by atoms with Crippen molar-refractivity contribution in [3.05, 3.63) is 65.9 Å². The van der Waals surface area contributed by atoms with Crippen LogP contribution < -0.4 is 5.32 Å². The second kappa shape index (κ2) is 6.72. The number of anilines is 2. The van der Waals surface area contributed by atoms with E-state index in [1.54, 1.807) is 0 Å². The first kappa shape index (κ1) is 16.5. The lowest BCUT2D eigenvalue weighted by Gasteiger charge is -2.09. The van der Waals surface area contributed by atoms with Crippen molar-refractivity contribution in [1.82, 2.24) is 20.2 Å². The Hall–Kier alpha value is -3.00. The summed E-state index contributed by atoms with van der Waals surface area (Å²) in [7, 11) is 0. The van der Waals surface area contributed by atoms with Gasteiger partial charge < -0.3 is 5.32 Å². The molecule has 5 nitrogen and oxygen atoms in total. The molecule has 0 radical (unpaired) electrons. The smallest absolute Gasteiger partial charge is 0.195 e. The highest BCUT2D eigenvalue weighted by molar-refractivity contribution is 7.99. The number of aromatic nitrogens is 4. The average molecular weight is 369 g/mol. The van der Waals surface area contributed by atoms with Gasteiger partial charge in [0.25, 0.3) is 0 Å². The van der Waals surface area contributed by atoms with Crippen LogP contribution in [-0.2, 0) is 0 Å². The Morgan fingerprint density at radius 1 is 1.04 bits per heavy atom. The number of nitrogens with one attached hydrogen (secondary N) is 2. The van der Waals surface area contributed by atoms with Crippen LogP contribution >= 0.6 is 11.8 Å². The van der Waals surface area contributed by atoms with Crippen molar-refractivity contribution in [1.29, 1.82) is 0 Å². The molecule has 0 aliphatic heterocycles. The molecule has 0 saturated heterocycles. The van der Waals surface area contributed by atoms with Crippen LogP contribution in [0.4, 0.5) is 20.4 Å². The van der Waals surface area contributed by atoms with Crippen LogP contribution in [0, 0.1) is 18.6 Å². The molecule has 0 bridgehead atoms. The highest BCUT2D eigenvalue weighted by atomic mass is 32.2. The molecule has 8 heteroatoms. The Kier molecular flexibility index (Phi) is 4.26. The fraction of sp³-hybridized carbons (Fsp3) is 0.0556. The predicted octanol–water partition coefficient (Wildman–Crippen LogP) is 4.83. The molecular weight excluding hydrogens is 356 g/mol. The van der Waals surface area contributed by atoms with E-state index in [0.29, 0.717) is 22.3 Å². The molecule has 0 unspecified atom stereocenters. The van der Waals surface area contributed by atoms with Crippen molar-refractivity contribution in [3.8, 4) is 0 Å². The minimum absolute atomic E-state index is 0.253. The number of aryl methyl sites for hydroxylation is 1. The number of nitrogens with zero attached hydrogens (tertiary/aromatic N) is 3. The number of hydrogen-bond acceptors (Lipinski definition) is 5. The number of aromatic amines is 1. The zero-order valence-corrected chi connectivity index (χ0v) is 14.4. The van der Waals surface area contributed by atoms with Crippen LogP contribution in [-0.4, -0.2) is 20.2 Å². The summed E-state index contributed by atoms with van der Waals surface area (Å²) in [5, 5.41) is 11.3. The Labute approximate surface area is 151 Å². The van der Waals surface area contributed by atoms with E-state index in [1.165, 1.54) is 12.1 Å². The number of para-hydroxylation sites is 1. The van der Waals surface area contributed by atoms with E-state index >= 15 is 0 Å². The third kappa shape index (κ3) is 3.36. The summed E-state index contributed by atoms with van der Waals surface area (Å²) in [4.78, 5) is 9.21. The number of H-pyrrole nitrogens is 1. The monoisotopic (exact) mass is 369 g/mol. The van der Waals surface area contributed by atoms with Gasteiger partial charge in [-0.25, -0.2) is 18.7 Å². The van der Waals surface area contributed by atoms with Crippen LogP contribution in [0.15, 0.2) is 58.6 Å². The fourth-order valence-electron chi connectivity index (χ4n) is 2.46. The van der Waals surface area contributed by atoms with Crippen LogP contribution in [0.25, 0.3) is 10.9 Å². The van der Waals surface area contributed by atoms with E-state index in [4.69, 9.17) is 0 Å². The zero-order valence-electron chi connectivity index (χ0n) is 13.6. The summed E-state index contributed by atoms with van der Waals surface area (Å²) in [6, 6.07) is 12.8. The molecule has 26 heavy (non-hydrogen) atoms. The summed E-state index contributed by atoms with van der Waals surface area (Å²) >= 11 is 1.04. The Morgan fingerprint density at radius 3 is 2.65 bits per heavy atom. The number of halogens is 2. The summed E-state index contributed by atoms with van der Waals surface area (Å²) in [6.07, 6.45) is 0. The quantitative estimate of drug-likeness (QED) is 0.504. The molecule has 130 valence electrons. The van der Waals surface area contributed by atoms with Crippen LogP contribution in [0.3, 0.4) is 0 Å². The molecule has 0 aliphatic rings. The third-order valence-corrected chi connectivity index (χ3v) is 4.55. The van der Waals surface area contributed by atoms with Crippen molar-refractivity contribution >= 4 is 34.3 Å². The largest absolute Gasteiger partial charge is 0.323 e. The minimum atomic E-state index is -0.649. The minimum Gasteiger partial charge on any atom is -0.323 e. The van der Waals surface area contributed by atoms with Gasteiger partial charge in [-0.15, -0.1) is 0 Å². The van der Waals surface area contributed by atoms with E-state index in [1.807, 2.05) is 37.3 Å². The Bertz CT molecular complexity index is 1100. The summed E-state index contributed by atoms with van der Waals surface area (Å²) in [5.74, 6) is -0.0888. The van der Waals surface area contributed by atoms with Gasteiger partial charge in [-0.2, -0.15) is 5.10 Å². The maximum absolute atomic E-state index is 14.0. The fourth-order valence-corrected chi connectivity index (χ4v) is 3.23. The molecule has 0 spiro atoms. The molecule has 4 aromatic rings. The Balaban J connectivity index is 1.75. The van der Waals surface area contributed by atoms with Crippen molar-refractivity contribution < 1.29 is 8.78 Å². The van der Waals surface area contributed by atoms with Gasteiger partial charge in [0, 0.05) is 23.2 Å². The highest BCUT2D eigenvalue weighted by Gasteiger charge is 2.12. The van der Waals surface area contributed by atoms with Gasteiger partial charge in [-0.3, -0.25) is 5.10 Å². The predicted molar refractivity (Wildman–Crippen MR) is 96.6 cm³/mol. The second-order valence-corrected chi connectivity index (χ2v) is 6.62. The normalized spacial score (nSPS) is 11.0. The number of rotatable bonds is 4. The number of benzene rings is 2. The molecule has 0 saturated carbocycles. The van der Waals surface area contributed by atoms with Crippen molar-refractivity contribution in [2.45, 2.75) is 17.0 Å². The van der Waals surface area contributed by atoms with Gasteiger partial charge in [-0.1, -0.05) is 12.1 Å². The molecule has 0 aliphatic carbocycles. The maximum atomic E-state index is 14.0. The summed E-state index contributed by atoms with van der Waals surface area (Å²) in [6.45, 7) is 1.90. The van der Waals surface area contributed by atoms with E-state index in [2.05, 4.69) is 25.5 Å². The molecule has 2 heterocycles. The van der Waals surface area contributed by atoms with Crippen molar-refractivity contribution in [3.63, 3.8) is 0 Å². The molecule has 2 aromatic carbocycles. The molecule has 0 atom stereocenters. The maximum Gasteiger partial charge on any atom is 0.195 e. The molecular formula is C18H13F2N5S. The molecule has 0 amide bonds. The van der Waals surface area contributed by atoms with E-state index in [-0.39, 0.29) is 4.90 Å². The summed E-state index contributed by atoms with van der Waals surface area (Å²) < 4.78 is 27.1. The van der Waals surface area contributed by atoms with Gasteiger partial charge in [0.2, 0.25) is 0 Å².